The maximum absolute atomic E-state index is 13.3. The zero-order valence-electron chi connectivity index (χ0n) is 34.1. The van der Waals surface area contributed by atoms with Gasteiger partial charge in [-0.05, 0) is 82.3 Å². The molecular weight excluding hydrogens is 1090 g/mol. The summed E-state index contributed by atoms with van der Waals surface area (Å²) in [6.07, 6.45) is 0. The number of rotatable bonds is 22. The normalized spacial score (nSPS) is 11.4. The number of benzene rings is 3. The van der Waals surface area contributed by atoms with Crippen LogP contribution in [0.3, 0.4) is 0 Å². The van der Waals surface area contributed by atoms with Crippen LogP contribution in [0.5, 0.6) is 0 Å². The van der Waals surface area contributed by atoms with Crippen molar-refractivity contribution < 1.29 is 75.2 Å². The van der Waals surface area contributed by atoms with Gasteiger partial charge in [0.1, 0.15) is 34.6 Å². The second-order valence-corrected chi connectivity index (χ2v) is 25.2. The van der Waals surface area contributed by atoms with E-state index < -0.39 is 78.8 Å². The fourth-order valence-electron chi connectivity index (χ4n) is 4.21. The van der Waals surface area contributed by atoms with E-state index in [0.29, 0.717) is 0 Å². The number of furan rings is 2. The SMILES string of the molecule is C.Cl.NCCOS(=O)(=O)c1ccccc1.O=P(Cl)(Cl)Cl.O=[N+]([O-])c1ccc(CO)o1.O=[N+]([O-])c1ccc(COP(=O)(NCCOS(=O)(=O)c2ccccc2)NCCOS(=O)(=O)c2ccccc2)o1. The molecule has 5 N–H and O–H groups in total. The van der Waals surface area contributed by atoms with Crippen molar-refractivity contribution >= 4 is 101 Å². The van der Waals surface area contributed by atoms with Gasteiger partial charge in [-0.3, -0.25) is 46.4 Å². The number of hydrogen-bond donors (Lipinski definition) is 4. The van der Waals surface area contributed by atoms with Crippen molar-refractivity contribution in [2.75, 3.05) is 39.5 Å². The Morgan fingerprint density at radius 2 is 0.926 bits per heavy atom. The highest BCUT2D eigenvalue weighted by atomic mass is 36.0. The largest absolute Gasteiger partial charge is 0.433 e. The second kappa shape index (κ2) is 31.4. The first kappa shape index (κ1) is 64.2. The first-order chi connectivity index (χ1) is 30.9. The van der Waals surface area contributed by atoms with E-state index in [1.54, 1.807) is 30.3 Å². The summed E-state index contributed by atoms with van der Waals surface area (Å²) in [6.45, 7) is -1.95. The first-order valence-electron chi connectivity index (χ1n) is 18.0. The molecule has 33 heteroatoms. The minimum absolute atomic E-state index is 0. The molecule has 0 saturated carbocycles. The Kier molecular flexibility index (Phi) is 29.6. The van der Waals surface area contributed by atoms with Crippen molar-refractivity contribution in [2.45, 2.75) is 35.3 Å². The number of hydrogen-bond acceptors (Lipinski definition) is 20. The van der Waals surface area contributed by atoms with Gasteiger partial charge in [-0.1, -0.05) is 62.0 Å². The molecule has 0 unspecified atom stereocenters. The van der Waals surface area contributed by atoms with Crippen molar-refractivity contribution in [3.63, 3.8) is 0 Å². The molecular formula is C35H45Cl4N5O19P2S3. The Morgan fingerprint density at radius 3 is 1.22 bits per heavy atom. The Morgan fingerprint density at radius 1 is 0.603 bits per heavy atom. The minimum Gasteiger partial charge on any atom is -0.403 e. The van der Waals surface area contributed by atoms with Gasteiger partial charge >= 0.3 is 24.6 Å². The molecule has 0 aliphatic carbocycles. The number of halogens is 4. The molecule has 0 saturated heterocycles. The van der Waals surface area contributed by atoms with Gasteiger partial charge in [0.15, 0.2) is 0 Å². The van der Waals surface area contributed by atoms with Gasteiger partial charge in [-0.25, -0.2) is 10.2 Å². The van der Waals surface area contributed by atoms with Crippen LogP contribution in [0, 0.1) is 20.2 Å². The van der Waals surface area contributed by atoms with Crippen LogP contribution in [-0.4, -0.2) is 79.7 Å². The zero-order chi connectivity index (χ0) is 49.4. The minimum atomic E-state index is -4.06. The fourth-order valence-corrected chi connectivity index (χ4v) is 8.38. The summed E-state index contributed by atoms with van der Waals surface area (Å²) in [5.41, 5.74) is 5.12. The molecule has 0 spiro atoms. The third kappa shape index (κ3) is 25.7. The molecule has 0 fully saturated rings. The average molecular weight is 1140 g/mol. The first-order valence-corrected chi connectivity index (χ1v) is 28.2. The van der Waals surface area contributed by atoms with E-state index in [-0.39, 0.29) is 84.8 Å². The van der Waals surface area contributed by atoms with Gasteiger partial charge in [0.05, 0.1) is 46.6 Å². The van der Waals surface area contributed by atoms with E-state index in [1.807, 2.05) is 0 Å². The molecule has 2 aromatic heterocycles. The Labute approximate surface area is 411 Å². The van der Waals surface area contributed by atoms with E-state index in [9.17, 15) is 54.6 Å². The smallest absolute Gasteiger partial charge is 0.403 e. The molecule has 0 aliphatic heterocycles. The molecule has 68 heavy (non-hydrogen) atoms. The summed E-state index contributed by atoms with van der Waals surface area (Å²) in [5, 5.41) is 31.0. The van der Waals surface area contributed by atoms with Crippen molar-refractivity contribution in [1.82, 2.24) is 10.2 Å². The Balaban J connectivity index is 0.00000121. The number of nitrogens with two attached hydrogens (primary N) is 1. The lowest BCUT2D eigenvalue weighted by molar-refractivity contribution is -0.402. The van der Waals surface area contributed by atoms with Crippen molar-refractivity contribution in [2.24, 2.45) is 5.73 Å². The van der Waals surface area contributed by atoms with Gasteiger partial charge in [0.2, 0.25) is 0 Å². The summed E-state index contributed by atoms with van der Waals surface area (Å²) in [4.78, 5) is 19.4. The summed E-state index contributed by atoms with van der Waals surface area (Å²) in [6, 6.07) is 27.7. The van der Waals surface area contributed by atoms with Crippen LogP contribution in [-0.2, 0) is 69.8 Å². The molecule has 5 rings (SSSR count). The maximum Gasteiger partial charge on any atom is 0.433 e. The molecule has 0 amide bonds. The third-order valence-electron chi connectivity index (χ3n) is 6.97. The van der Waals surface area contributed by atoms with E-state index in [2.05, 4.69) is 52.5 Å². The quantitative estimate of drug-likeness (QED) is 0.0169. The van der Waals surface area contributed by atoms with E-state index in [4.69, 9.17) is 28.1 Å². The van der Waals surface area contributed by atoms with Crippen molar-refractivity contribution in [1.29, 1.82) is 0 Å². The molecule has 2 heterocycles. The molecule has 0 atom stereocenters. The van der Waals surface area contributed by atoms with Gasteiger partial charge in [-0.2, -0.15) is 25.3 Å². The molecule has 5 aromatic rings. The summed E-state index contributed by atoms with van der Waals surface area (Å²) in [7, 11) is -15.7. The van der Waals surface area contributed by atoms with Crippen molar-refractivity contribution in [3.8, 4) is 0 Å². The van der Waals surface area contributed by atoms with Crippen LogP contribution in [0.2, 0.25) is 0 Å². The lowest BCUT2D eigenvalue weighted by Gasteiger charge is -2.20. The predicted molar refractivity (Wildman–Crippen MR) is 252 cm³/mol. The molecule has 0 aliphatic rings. The number of nitrogens with one attached hydrogen (secondary N) is 2. The van der Waals surface area contributed by atoms with Gasteiger partial charge < -0.3 is 19.7 Å². The molecule has 0 radical (unpaired) electrons. The molecule has 3 aromatic carbocycles. The lowest BCUT2D eigenvalue weighted by Crippen LogP contribution is -2.30. The van der Waals surface area contributed by atoms with Crippen LogP contribution < -0.4 is 15.9 Å². The highest BCUT2D eigenvalue weighted by Crippen LogP contribution is 2.61. The van der Waals surface area contributed by atoms with Gasteiger partial charge in [-0.15, -0.1) is 12.4 Å². The standard InChI is InChI=1S/C21H24N3O11PS2.C8H11NO3S.C5H5NO4.CH4.Cl3OP.ClH/c25-24(26)21-12-11-18(35-21)17-32-36(27,22-13-15-33-37(28,29)19-7-3-1-4-8-19)23-14-16-34-38(30,31)20-9-5-2-6-10-20;9-6-7-12-13(10,11)8-4-2-1-3-5-8;7-3-4-1-2-5(10-4)6(8)9;;1-5(2,3)4;/h1-12H,13-17H2,(H2,22,23,27);1-5H,6-7,9H2;1-2,7H,3H2;1H4;;1H. The van der Waals surface area contributed by atoms with E-state index >= 15 is 0 Å². The predicted octanol–water partition coefficient (Wildman–Crippen LogP) is 7.70. The summed E-state index contributed by atoms with van der Waals surface area (Å²) >= 11 is 13.8. The summed E-state index contributed by atoms with van der Waals surface area (Å²) < 4.78 is 124. The number of aliphatic hydroxyl groups is 1. The topological polar surface area (TPSA) is 356 Å². The maximum atomic E-state index is 13.3. The number of aliphatic hydroxyl groups excluding tert-OH is 1. The third-order valence-corrected chi connectivity index (χ3v) is 12.7. The highest BCUT2D eigenvalue weighted by molar-refractivity contribution is 8.24. The Bertz CT molecular complexity index is 2620. The average Bonchev–Trinajstić information content (AvgIpc) is 3.98. The fraction of sp³-hybridized carbons (Fsp3) is 0.257. The Hall–Kier alpha value is -3.83. The lowest BCUT2D eigenvalue weighted by atomic mass is 10.4. The van der Waals surface area contributed by atoms with Crippen molar-refractivity contribution in [3.05, 3.63) is 147 Å². The van der Waals surface area contributed by atoms with Crippen LogP contribution in [0.25, 0.3) is 0 Å². The number of nitro groups is 2. The molecule has 0 bridgehead atoms. The number of nitrogens with zero attached hydrogens (tertiary/aromatic N) is 2. The second-order valence-electron chi connectivity index (χ2n) is 11.7. The zero-order valence-corrected chi connectivity index (χ0v) is 41.4. The van der Waals surface area contributed by atoms with Crippen LogP contribution in [0.4, 0.5) is 11.8 Å². The van der Waals surface area contributed by atoms with Gasteiger partial charge in [0.25, 0.3) is 30.4 Å². The van der Waals surface area contributed by atoms with Crippen LogP contribution in [0.1, 0.15) is 18.9 Å². The molecule has 24 nitrogen and oxygen atoms in total. The van der Waals surface area contributed by atoms with Gasteiger partial charge in [0, 0.05) is 19.6 Å². The molecule has 380 valence electrons. The highest BCUT2D eigenvalue weighted by Gasteiger charge is 2.25. The van der Waals surface area contributed by atoms with E-state index in [0.717, 1.165) is 6.07 Å². The van der Waals surface area contributed by atoms with Crippen LogP contribution >= 0.6 is 59.0 Å². The summed E-state index contributed by atoms with van der Waals surface area (Å²) in [5.74, 6) is -0.694. The van der Waals surface area contributed by atoms with Crippen LogP contribution in [0.15, 0.2) is 139 Å². The van der Waals surface area contributed by atoms with E-state index in [1.165, 1.54) is 78.9 Å². The monoisotopic (exact) mass is 1140 g/mol.